The monoisotopic (exact) mass is 318 g/mol. The van der Waals surface area contributed by atoms with Gasteiger partial charge in [0.1, 0.15) is 0 Å². The molecule has 0 bridgehead atoms. The van der Waals surface area contributed by atoms with Crippen LogP contribution in [-0.4, -0.2) is 43.4 Å². The number of carboxylic acids is 1. The Morgan fingerprint density at radius 1 is 1.10 bits per heavy atom. The minimum atomic E-state index is -3.52. The summed E-state index contributed by atoms with van der Waals surface area (Å²) in [4.78, 5) is 11.5. The number of aliphatic carboxylic acids is 1. The van der Waals surface area contributed by atoms with E-state index in [0.717, 1.165) is 51.4 Å². The second kappa shape index (κ2) is 7.56. The van der Waals surface area contributed by atoms with Crippen LogP contribution in [0.1, 0.15) is 51.4 Å². The Kier molecular flexibility index (Phi) is 6.01. The zero-order valence-electron chi connectivity index (χ0n) is 12.5. The fraction of sp³-hybridized carbons (Fsp3) is 0.929. The first-order valence-corrected chi connectivity index (χ1v) is 9.42. The maximum Gasteiger partial charge on any atom is 0.308 e. The van der Waals surface area contributed by atoms with Crippen molar-refractivity contribution in [2.45, 2.75) is 51.4 Å². The third kappa shape index (κ3) is 4.66. The summed E-state index contributed by atoms with van der Waals surface area (Å²) in [6, 6.07) is 0. The first-order chi connectivity index (χ1) is 10.0. The molecule has 21 heavy (non-hydrogen) atoms. The summed E-state index contributed by atoms with van der Waals surface area (Å²) in [6.07, 6.45) is 7.95. The Bertz CT molecular complexity index is 438. The van der Waals surface area contributed by atoms with E-state index >= 15 is 0 Å². The quantitative estimate of drug-likeness (QED) is 0.728. The predicted molar refractivity (Wildman–Crippen MR) is 80.0 cm³/mol. The number of carbonyl (C=O) groups is 1. The van der Waals surface area contributed by atoms with E-state index in [0.29, 0.717) is 13.1 Å². The van der Waals surface area contributed by atoms with Crippen molar-refractivity contribution in [2.75, 3.05) is 19.6 Å². The van der Waals surface area contributed by atoms with Crippen molar-refractivity contribution in [3.8, 4) is 0 Å². The normalized spacial score (nSPS) is 23.8. The first-order valence-electron chi connectivity index (χ1n) is 7.98. The minimum absolute atomic E-state index is 0.0127. The molecule has 7 heteroatoms. The van der Waals surface area contributed by atoms with Crippen LogP contribution in [-0.2, 0) is 15.0 Å². The lowest BCUT2D eigenvalue weighted by molar-refractivity contribution is -0.143. The standard InChI is InChI=1S/C14H26N2O4S/c17-14(18)13(12-7-3-1-2-4-8-12)11-15-21(19,20)16-9-5-6-10-16/h12-13,15H,1-11H2,(H,17,18). The molecule has 0 aromatic rings. The van der Waals surface area contributed by atoms with Gasteiger partial charge in [-0.3, -0.25) is 4.79 Å². The molecule has 0 aromatic carbocycles. The fourth-order valence-corrected chi connectivity index (χ4v) is 4.70. The van der Waals surface area contributed by atoms with Gasteiger partial charge in [0.05, 0.1) is 5.92 Å². The molecule has 1 heterocycles. The molecule has 1 saturated carbocycles. The Balaban J connectivity index is 1.94. The van der Waals surface area contributed by atoms with Gasteiger partial charge in [-0.25, -0.2) is 4.72 Å². The van der Waals surface area contributed by atoms with Gasteiger partial charge in [-0.05, 0) is 31.6 Å². The first kappa shape index (κ1) is 16.7. The van der Waals surface area contributed by atoms with Crippen LogP contribution in [0.3, 0.4) is 0 Å². The highest BCUT2D eigenvalue weighted by atomic mass is 32.2. The number of rotatable bonds is 6. The highest BCUT2D eigenvalue weighted by molar-refractivity contribution is 7.87. The van der Waals surface area contributed by atoms with E-state index in [9.17, 15) is 18.3 Å². The van der Waals surface area contributed by atoms with Gasteiger partial charge < -0.3 is 5.11 Å². The van der Waals surface area contributed by atoms with Crippen molar-refractivity contribution >= 4 is 16.2 Å². The Hall–Kier alpha value is -0.660. The lowest BCUT2D eigenvalue weighted by Crippen LogP contribution is -2.43. The van der Waals surface area contributed by atoms with E-state index < -0.39 is 22.1 Å². The summed E-state index contributed by atoms with van der Waals surface area (Å²) in [5.41, 5.74) is 0. The third-order valence-corrected chi connectivity index (χ3v) is 6.25. The van der Waals surface area contributed by atoms with E-state index in [2.05, 4.69) is 4.72 Å². The van der Waals surface area contributed by atoms with Gasteiger partial charge in [-0.15, -0.1) is 0 Å². The molecule has 6 nitrogen and oxygen atoms in total. The molecule has 2 rings (SSSR count). The maximum atomic E-state index is 12.1. The largest absolute Gasteiger partial charge is 0.481 e. The molecule has 0 amide bonds. The zero-order valence-corrected chi connectivity index (χ0v) is 13.3. The summed E-state index contributed by atoms with van der Waals surface area (Å²) >= 11 is 0. The number of hydrogen-bond donors (Lipinski definition) is 2. The van der Waals surface area contributed by atoms with Crippen molar-refractivity contribution in [3.63, 3.8) is 0 Å². The molecule has 1 saturated heterocycles. The Labute approximate surface area is 127 Å². The topological polar surface area (TPSA) is 86.7 Å². The fourth-order valence-electron chi connectivity index (χ4n) is 3.38. The summed E-state index contributed by atoms with van der Waals surface area (Å²) in [6.45, 7) is 1.09. The van der Waals surface area contributed by atoms with Crippen LogP contribution in [0.15, 0.2) is 0 Å². The third-order valence-electron chi connectivity index (χ3n) is 4.68. The second-order valence-corrected chi connectivity index (χ2v) is 7.91. The number of nitrogens with one attached hydrogen (secondary N) is 1. The van der Waals surface area contributed by atoms with Crippen LogP contribution in [0, 0.1) is 11.8 Å². The molecule has 1 aliphatic carbocycles. The molecule has 1 aliphatic heterocycles. The minimum Gasteiger partial charge on any atom is -0.481 e. The molecule has 0 aromatic heterocycles. The van der Waals surface area contributed by atoms with Gasteiger partial charge in [-0.2, -0.15) is 12.7 Å². The van der Waals surface area contributed by atoms with Crippen LogP contribution in [0.2, 0.25) is 0 Å². The lowest BCUT2D eigenvalue weighted by atomic mass is 9.86. The maximum absolute atomic E-state index is 12.1. The van der Waals surface area contributed by atoms with Crippen LogP contribution >= 0.6 is 0 Å². The van der Waals surface area contributed by atoms with E-state index in [1.807, 2.05) is 0 Å². The predicted octanol–water partition coefficient (Wildman–Crippen LogP) is 1.59. The Morgan fingerprint density at radius 2 is 1.67 bits per heavy atom. The van der Waals surface area contributed by atoms with Crippen LogP contribution in [0.25, 0.3) is 0 Å². The van der Waals surface area contributed by atoms with Crippen molar-refractivity contribution in [2.24, 2.45) is 11.8 Å². The van der Waals surface area contributed by atoms with Crippen molar-refractivity contribution in [1.29, 1.82) is 0 Å². The van der Waals surface area contributed by atoms with Gasteiger partial charge in [0.15, 0.2) is 0 Å². The van der Waals surface area contributed by atoms with E-state index in [1.165, 1.54) is 4.31 Å². The van der Waals surface area contributed by atoms with Crippen LogP contribution in [0.5, 0.6) is 0 Å². The van der Waals surface area contributed by atoms with Crippen LogP contribution in [0.4, 0.5) is 0 Å². The molecule has 2 fully saturated rings. The van der Waals surface area contributed by atoms with Gasteiger partial charge in [0.2, 0.25) is 0 Å². The summed E-state index contributed by atoms with van der Waals surface area (Å²) in [7, 11) is -3.52. The molecule has 0 radical (unpaired) electrons. The molecule has 1 atom stereocenters. The Morgan fingerprint density at radius 3 is 2.19 bits per heavy atom. The van der Waals surface area contributed by atoms with E-state index in [1.54, 1.807) is 0 Å². The molecule has 2 aliphatic rings. The number of carboxylic acid groups (broad SMARTS) is 1. The SMILES string of the molecule is O=C(O)C(CNS(=O)(=O)N1CCCC1)C1CCCCCC1. The van der Waals surface area contributed by atoms with Crippen molar-refractivity contribution in [3.05, 3.63) is 0 Å². The highest BCUT2D eigenvalue weighted by Gasteiger charge is 2.32. The van der Waals surface area contributed by atoms with Gasteiger partial charge in [0.25, 0.3) is 10.2 Å². The van der Waals surface area contributed by atoms with Crippen molar-refractivity contribution in [1.82, 2.24) is 9.03 Å². The molecular formula is C14H26N2O4S. The molecule has 122 valence electrons. The number of hydrogen-bond acceptors (Lipinski definition) is 3. The summed E-state index contributed by atoms with van der Waals surface area (Å²) < 4.78 is 28.2. The smallest absolute Gasteiger partial charge is 0.308 e. The van der Waals surface area contributed by atoms with E-state index in [-0.39, 0.29) is 12.5 Å². The van der Waals surface area contributed by atoms with Gasteiger partial charge >= 0.3 is 5.97 Å². The average molecular weight is 318 g/mol. The van der Waals surface area contributed by atoms with Gasteiger partial charge in [-0.1, -0.05) is 25.7 Å². The highest BCUT2D eigenvalue weighted by Crippen LogP contribution is 2.29. The average Bonchev–Trinajstić information content (AvgIpc) is 2.85. The van der Waals surface area contributed by atoms with Gasteiger partial charge in [0, 0.05) is 19.6 Å². The lowest BCUT2D eigenvalue weighted by Gasteiger charge is -2.24. The van der Waals surface area contributed by atoms with E-state index in [4.69, 9.17) is 0 Å². The summed E-state index contributed by atoms with van der Waals surface area (Å²) in [5.74, 6) is -1.40. The second-order valence-electron chi connectivity index (χ2n) is 6.16. The van der Waals surface area contributed by atoms with Crippen LogP contribution < -0.4 is 4.72 Å². The van der Waals surface area contributed by atoms with Crippen molar-refractivity contribution < 1.29 is 18.3 Å². The summed E-state index contributed by atoms with van der Waals surface area (Å²) in [5, 5.41) is 9.43. The molecule has 0 spiro atoms. The number of nitrogens with zero attached hydrogens (tertiary/aromatic N) is 1. The molecule has 1 unspecified atom stereocenters. The zero-order chi connectivity index (χ0) is 15.3. The molecular weight excluding hydrogens is 292 g/mol. The molecule has 2 N–H and O–H groups in total.